The molecule has 0 aliphatic heterocycles. The molecule has 1 aliphatic rings. The van der Waals surface area contributed by atoms with Gasteiger partial charge < -0.3 is 0 Å². The Morgan fingerprint density at radius 3 is 2.31 bits per heavy atom. The van der Waals surface area contributed by atoms with Crippen molar-refractivity contribution in [2.75, 3.05) is 0 Å². The maximum absolute atomic E-state index is 5.03. The van der Waals surface area contributed by atoms with Gasteiger partial charge >= 0.3 is 0 Å². The first kappa shape index (κ1) is 19.3. The number of hydrogen-bond acceptors (Lipinski definition) is 3. The highest BCUT2D eigenvalue weighted by Gasteiger charge is 2.35. The number of pyridine rings is 1. The smallest absolute Gasteiger partial charge is 0.163 e. The zero-order valence-electron chi connectivity index (χ0n) is 17.8. The van der Waals surface area contributed by atoms with E-state index in [0.717, 1.165) is 26.7 Å². The van der Waals surface area contributed by atoms with Crippen molar-refractivity contribution in [1.82, 2.24) is 15.0 Å². The van der Waals surface area contributed by atoms with Crippen molar-refractivity contribution in [3.8, 4) is 33.8 Å². The molecule has 4 heteroatoms. The van der Waals surface area contributed by atoms with Gasteiger partial charge in [0.25, 0.3) is 0 Å². The van der Waals surface area contributed by atoms with Crippen LogP contribution in [0.5, 0.6) is 0 Å². The highest BCUT2D eigenvalue weighted by molar-refractivity contribution is 9.10. The zero-order chi connectivity index (χ0) is 21.9. The minimum absolute atomic E-state index is 0.0580. The second-order valence-electron chi connectivity index (χ2n) is 8.71. The molecule has 2 aromatic heterocycles. The Morgan fingerprint density at radius 1 is 0.719 bits per heavy atom. The van der Waals surface area contributed by atoms with Gasteiger partial charge in [-0.05, 0) is 52.6 Å². The van der Waals surface area contributed by atoms with Crippen molar-refractivity contribution in [2.45, 2.75) is 19.3 Å². The number of halogens is 1. The highest BCUT2D eigenvalue weighted by atomic mass is 79.9. The van der Waals surface area contributed by atoms with Gasteiger partial charge in [-0.25, -0.2) is 15.0 Å². The largest absolute Gasteiger partial charge is 0.236 e. The van der Waals surface area contributed by atoms with Crippen LogP contribution in [-0.4, -0.2) is 15.0 Å². The van der Waals surface area contributed by atoms with Crippen LogP contribution in [0, 0.1) is 0 Å². The number of fused-ring (bicyclic) bond motifs is 4. The standard InChI is InChI=1S/C28H20BrN3/c1-28(2)23-8-4-3-6-20(23)21-14-11-18(16-24(21)28)25-22-7-5-15-30-27(22)32-26(31-25)17-9-12-19(29)13-10-17/h3-16H,1-2H3. The van der Waals surface area contributed by atoms with E-state index < -0.39 is 0 Å². The lowest BCUT2D eigenvalue weighted by Gasteiger charge is -2.22. The number of hydrogen-bond donors (Lipinski definition) is 0. The van der Waals surface area contributed by atoms with Crippen molar-refractivity contribution >= 4 is 27.0 Å². The molecular formula is C28H20BrN3. The predicted octanol–water partition coefficient (Wildman–Crippen LogP) is 7.43. The third-order valence-corrected chi connectivity index (χ3v) is 6.96. The van der Waals surface area contributed by atoms with E-state index in [9.17, 15) is 0 Å². The fraction of sp³-hybridized carbons (Fsp3) is 0.107. The summed E-state index contributed by atoms with van der Waals surface area (Å²) in [4.78, 5) is 14.3. The lowest BCUT2D eigenvalue weighted by Crippen LogP contribution is -2.15. The Hall–Kier alpha value is -3.37. The molecule has 0 saturated heterocycles. The van der Waals surface area contributed by atoms with Crippen LogP contribution in [0.15, 0.2) is 89.5 Å². The second kappa shape index (κ2) is 7.07. The minimum Gasteiger partial charge on any atom is -0.236 e. The highest BCUT2D eigenvalue weighted by Crippen LogP contribution is 2.49. The van der Waals surface area contributed by atoms with E-state index in [1.165, 1.54) is 22.3 Å². The summed E-state index contributed by atoms with van der Waals surface area (Å²) in [6, 6.07) is 27.5. The molecule has 3 aromatic carbocycles. The van der Waals surface area contributed by atoms with Gasteiger partial charge in [-0.1, -0.05) is 78.3 Å². The maximum Gasteiger partial charge on any atom is 0.163 e. The van der Waals surface area contributed by atoms with Crippen molar-refractivity contribution in [1.29, 1.82) is 0 Å². The number of aromatic nitrogens is 3. The monoisotopic (exact) mass is 477 g/mol. The van der Waals surface area contributed by atoms with E-state index >= 15 is 0 Å². The maximum atomic E-state index is 5.03. The Kier molecular flexibility index (Phi) is 4.27. The number of nitrogens with zero attached hydrogens (tertiary/aromatic N) is 3. The van der Waals surface area contributed by atoms with Crippen LogP contribution < -0.4 is 0 Å². The molecule has 32 heavy (non-hydrogen) atoms. The fourth-order valence-corrected chi connectivity index (χ4v) is 5.03. The third kappa shape index (κ3) is 2.90. The van der Waals surface area contributed by atoms with Gasteiger partial charge in [-0.2, -0.15) is 0 Å². The van der Waals surface area contributed by atoms with Crippen molar-refractivity contribution in [2.24, 2.45) is 0 Å². The van der Waals surface area contributed by atoms with Crippen LogP contribution in [-0.2, 0) is 5.41 Å². The van der Waals surface area contributed by atoms with Gasteiger partial charge in [-0.15, -0.1) is 0 Å². The van der Waals surface area contributed by atoms with E-state index in [1.54, 1.807) is 6.20 Å². The Morgan fingerprint density at radius 2 is 1.47 bits per heavy atom. The molecule has 0 bridgehead atoms. The quantitative estimate of drug-likeness (QED) is 0.265. The summed E-state index contributed by atoms with van der Waals surface area (Å²) >= 11 is 3.51. The number of benzene rings is 3. The topological polar surface area (TPSA) is 38.7 Å². The van der Waals surface area contributed by atoms with E-state index in [2.05, 4.69) is 83.3 Å². The summed E-state index contributed by atoms with van der Waals surface area (Å²) in [6.07, 6.45) is 1.78. The van der Waals surface area contributed by atoms with Crippen LogP contribution in [0.3, 0.4) is 0 Å². The average molecular weight is 478 g/mol. The predicted molar refractivity (Wildman–Crippen MR) is 133 cm³/mol. The van der Waals surface area contributed by atoms with Gasteiger partial charge in [-0.3, -0.25) is 0 Å². The Labute approximate surface area is 195 Å². The second-order valence-corrected chi connectivity index (χ2v) is 9.62. The molecule has 1 aliphatic carbocycles. The molecule has 5 aromatic rings. The Balaban J connectivity index is 1.58. The van der Waals surface area contributed by atoms with Crippen LogP contribution in [0.1, 0.15) is 25.0 Å². The first-order valence-corrected chi connectivity index (χ1v) is 11.5. The van der Waals surface area contributed by atoms with Crippen molar-refractivity contribution in [3.05, 3.63) is 101 Å². The third-order valence-electron chi connectivity index (χ3n) is 6.43. The summed E-state index contributed by atoms with van der Waals surface area (Å²) in [5.41, 5.74) is 8.95. The summed E-state index contributed by atoms with van der Waals surface area (Å²) in [5, 5.41) is 0.960. The van der Waals surface area contributed by atoms with Gasteiger partial charge in [0.05, 0.1) is 5.69 Å². The van der Waals surface area contributed by atoms with E-state index in [0.29, 0.717) is 11.5 Å². The van der Waals surface area contributed by atoms with Gasteiger partial charge in [0.2, 0.25) is 0 Å². The molecule has 0 N–H and O–H groups in total. The normalized spacial score (nSPS) is 13.7. The van der Waals surface area contributed by atoms with E-state index in [1.807, 2.05) is 30.3 Å². The first-order chi connectivity index (χ1) is 15.5. The molecule has 0 saturated carbocycles. The van der Waals surface area contributed by atoms with Crippen molar-refractivity contribution < 1.29 is 0 Å². The molecule has 0 fully saturated rings. The molecule has 154 valence electrons. The van der Waals surface area contributed by atoms with E-state index in [-0.39, 0.29) is 5.41 Å². The molecule has 0 amide bonds. The Bertz CT molecular complexity index is 1500. The summed E-state index contributed by atoms with van der Waals surface area (Å²) in [6.45, 7) is 4.60. The molecule has 6 rings (SSSR count). The fourth-order valence-electron chi connectivity index (χ4n) is 4.76. The molecule has 2 heterocycles. The molecule has 0 spiro atoms. The molecule has 3 nitrogen and oxygen atoms in total. The lowest BCUT2D eigenvalue weighted by molar-refractivity contribution is 0.660. The molecular weight excluding hydrogens is 458 g/mol. The van der Waals surface area contributed by atoms with Crippen LogP contribution in [0.4, 0.5) is 0 Å². The first-order valence-electron chi connectivity index (χ1n) is 10.7. The van der Waals surface area contributed by atoms with Crippen LogP contribution in [0.25, 0.3) is 44.8 Å². The van der Waals surface area contributed by atoms with E-state index in [4.69, 9.17) is 9.97 Å². The van der Waals surface area contributed by atoms with Crippen LogP contribution >= 0.6 is 15.9 Å². The average Bonchev–Trinajstić information content (AvgIpc) is 3.05. The summed E-state index contributed by atoms with van der Waals surface area (Å²) in [7, 11) is 0. The summed E-state index contributed by atoms with van der Waals surface area (Å²) < 4.78 is 1.03. The molecule has 0 radical (unpaired) electrons. The minimum atomic E-state index is -0.0580. The van der Waals surface area contributed by atoms with Crippen LogP contribution in [0.2, 0.25) is 0 Å². The van der Waals surface area contributed by atoms with Gasteiger partial charge in [0.1, 0.15) is 0 Å². The van der Waals surface area contributed by atoms with Crippen molar-refractivity contribution in [3.63, 3.8) is 0 Å². The van der Waals surface area contributed by atoms with Gasteiger partial charge in [0, 0.05) is 32.6 Å². The zero-order valence-corrected chi connectivity index (χ0v) is 19.4. The summed E-state index contributed by atoms with van der Waals surface area (Å²) in [5.74, 6) is 0.682. The molecule has 0 unspecified atom stereocenters. The molecule has 0 atom stereocenters. The number of rotatable bonds is 2. The lowest BCUT2D eigenvalue weighted by atomic mass is 9.82. The van der Waals surface area contributed by atoms with Gasteiger partial charge in [0.15, 0.2) is 11.5 Å². The SMILES string of the molecule is CC1(C)c2ccccc2-c2ccc(-c3nc(-c4ccc(Br)cc4)nc4ncccc34)cc21.